The Morgan fingerprint density at radius 3 is 2.42 bits per heavy atom. The van der Waals surface area contributed by atoms with Gasteiger partial charge in [0.2, 0.25) is 11.8 Å². The summed E-state index contributed by atoms with van der Waals surface area (Å²) >= 11 is 0.962. The minimum Gasteiger partial charge on any atom is -0.480 e. The summed E-state index contributed by atoms with van der Waals surface area (Å²) in [6, 6.07) is -2.43. The zero-order valence-corrected chi connectivity index (χ0v) is 17.9. The van der Waals surface area contributed by atoms with Gasteiger partial charge in [-0.15, -0.1) is 0 Å². The molecule has 0 saturated carbocycles. The number of hydrogen-bond acceptors (Lipinski definition) is 10. The van der Waals surface area contributed by atoms with Crippen LogP contribution >= 0.6 is 11.8 Å². The first-order valence-electron chi connectivity index (χ1n) is 9.35. The molecule has 0 aromatic carbocycles. The molecule has 0 bridgehead atoms. The number of nitrogens with zero attached hydrogens (tertiary/aromatic N) is 1. The number of amides is 2. The van der Waals surface area contributed by atoms with E-state index in [4.69, 9.17) is 25.9 Å². The number of carbonyl (C=O) groups excluding carboxylic acids is 3. The van der Waals surface area contributed by atoms with E-state index < -0.39 is 48.4 Å². The number of carbonyl (C=O) groups is 5. The van der Waals surface area contributed by atoms with Gasteiger partial charge < -0.3 is 36.5 Å². The van der Waals surface area contributed by atoms with Crippen molar-refractivity contribution < 1.29 is 44.1 Å². The summed E-state index contributed by atoms with van der Waals surface area (Å²) in [4.78, 5) is 57.4. The minimum atomic E-state index is -1.29. The highest BCUT2D eigenvalue weighted by Crippen LogP contribution is 2.07. The fourth-order valence-corrected chi connectivity index (χ4v) is 2.90. The van der Waals surface area contributed by atoms with E-state index in [9.17, 15) is 24.0 Å². The summed E-state index contributed by atoms with van der Waals surface area (Å²) < 4.78 is 4.93. The Kier molecular flexibility index (Phi) is 14.4. The molecule has 2 atom stereocenters. The summed E-state index contributed by atoms with van der Waals surface area (Å²) in [7, 11) is 0. The molecule has 0 spiro atoms. The van der Waals surface area contributed by atoms with Crippen LogP contribution in [0.15, 0.2) is 5.16 Å². The first kappa shape index (κ1) is 28.1. The minimum absolute atomic E-state index is 0.0938. The highest BCUT2D eigenvalue weighted by atomic mass is 32.2. The first-order valence-corrected chi connectivity index (χ1v) is 10.5. The van der Waals surface area contributed by atoms with E-state index in [0.717, 1.165) is 18.2 Å². The van der Waals surface area contributed by atoms with Crippen LogP contribution in [0.5, 0.6) is 0 Å². The molecular formula is C17H28N4O9S. The topological polar surface area (TPSA) is 218 Å². The van der Waals surface area contributed by atoms with Crippen LogP contribution in [-0.2, 0) is 28.7 Å². The van der Waals surface area contributed by atoms with E-state index in [0.29, 0.717) is 6.42 Å². The summed E-state index contributed by atoms with van der Waals surface area (Å²) in [5.74, 6) is -5.07. The van der Waals surface area contributed by atoms with Crippen LogP contribution in [0.25, 0.3) is 0 Å². The van der Waals surface area contributed by atoms with E-state index in [1.807, 2.05) is 6.92 Å². The van der Waals surface area contributed by atoms with Crippen molar-refractivity contribution >= 4 is 47.2 Å². The van der Waals surface area contributed by atoms with E-state index in [-0.39, 0.29) is 36.7 Å². The van der Waals surface area contributed by atoms with Crippen LogP contribution < -0.4 is 16.4 Å². The molecule has 14 heteroatoms. The fraction of sp³-hybridized carbons (Fsp3) is 0.647. The first-order chi connectivity index (χ1) is 14.6. The number of nitrogens with one attached hydrogen (secondary N) is 2. The second-order valence-electron chi connectivity index (χ2n) is 6.27. The van der Waals surface area contributed by atoms with E-state index >= 15 is 0 Å². The lowest BCUT2D eigenvalue weighted by molar-refractivity contribution is -0.139. The molecule has 0 heterocycles. The van der Waals surface area contributed by atoms with Gasteiger partial charge in [0.15, 0.2) is 5.71 Å². The molecule has 0 aliphatic heterocycles. The van der Waals surface area contributed by atoms with Crippen molar-refractivity contribution in [3.05, 3.63) is 0 Å². The zero-order chi connectivity index (χ0) is 23.8. The molecule has 13 nitrogen and oxygen atoms in total. The number of thioether (sulfide) groups is 1. The number of esters is 1. The van der Waals surface area contributed by atoms with Gasteiger partial charge in [0.1, 0.15) is 18.6 Å². The van der Waals surface area contributed by atoms with Crippen molar-refractivity contribution in [2.24, 2.45) is 10.9 Å². The second-order valence-corrected chi connectivity index (χ2v) is 7.30. The molecule has 2 unspecified atom stereocenters. The third-order valence-corrected chi connectivity index (χ3v) is 4.72. The number of unbranched alkanes of at least 4 members (excludes halogenated alkanes) is 1. The number of rotatable bonds is 16. The highest BCUT2D eigenvalue weighted by Gasteiger charge is 2.23. The SMILES string of the molecule is CCCCOC(=O)C(CSCC(NC(=O)CCC(N)C(=O)O)C(=O)NCC(=O)O)=NO. The molecule has 0 aliphatic rings. The third-order valence-electron chi connectivity index (χ3n) is 3.68. The Morgan fingerprint density at radius 1 is 1.19 bits per heavy atom. The molecule has 0 aromatic heterocycles. The van der Waals surface area contributed by atoms with Crippen LogP contribution in [0.4, 0.5) is 0 Å². The van der Waals surface area contributed by atoms with Gasteiger partial charge in [-0.1, -0.05) is 18.5 Å². The number of ether oxygens (including phenoxy) is 1. The quantitative estimate of drug-likeness (QED) is 0.0522. The lowest BCUT2D eigenvalue weighted by atomic mass is 10.1. The molecule has 0 aromatic rings. The summed E-state index contributed by atoms with van der Waals surface area (Å²) in [6.07, 6.45) is 1.01. The molecule has 0 rings (SSSR count). The van der Waals surface area contributed by atoms with Crippen molar-refractivity contribution in [3.8, 4) is 0 Å². The Morgan fingerprint density at radius 2 is 1.87 bits per heavy atom. The van der Waals surface area contributed by atoms with Crippen molar-refractivity contribution in [3.63, 3.8) is 0 Å². The molecular weight excluding hydrogens is 436 g/mol. The molecule has 0 radical (unpaired) electrons. The summed E-state index contributed by atoms with van der Waals surface area (Å²) in [5.41, 5.74) is 5.04. The monoisotopic (exact) mass is 464 g/mol. The summed E-state index contributed by atoms with van der Waals surface area (Å²) in [6.45, 7) is 1.39. The predicted molar refractivity (Wildman–Crippen MR) is 110 cm³/mol. The normalized spacial score (nSPS) is 13.0. The largest absolute Gasteiger partial charge is 0.480 e. The van der Waals surface area contributed by atoms with Gasteiger partial charge in [-0.25, -0.2) is 4.79 Å². The standard InChI is InChI=1S/C17H28N4O9S/c1-2-3-6-30-17(28)12(21-29)9-31-8-11(15(25)19-7-14(23)24)20-13(22)5-4-10(18)16(26)27/h10-11,29H,2-9,18H2,1H3,(H,19,25)(H,20,22)(H,23,24)(H,26,27). The third kappa shape index (κ3) is 13.1. The maximum atomic E-state index is 12.2. The Bertz CT molecular complexity index is 672. The van der Waals surface area contributed by atoms with Gasteiger partial charge in [-0.2, -0.15) is 11.8 Å². The van der Waals surface area contributed by atoms with Crippen molar-refractivity contribution in [2.75, 3.05) is 24.7 Å². The van der Waals surface area contributed by atoms with E-state index in [1.54, 1.807) is 0 Å². The lowest BCUT2D eigenvalue weighted by Gasteiger charge is -2.18. The number of aliphatic carboxylic acids is 2. The predicted octanol–water partition coefficient (Wildman–Crippen LogP) is -1.23. The average molecular weight is 464 g/mol. The van der Waals surface area contributed by atoms with E-state index in [2.05, 4.69) is 15.8 Å². The summed E-state index contributed by atoms with van der Waals surface area (Å²) in [5, 5.41) is 33.8. The number of hydrogen-bond donors (Lipinski definition) is 6. The molecule has 0 fully saturated rings. The Balaban J connectivity index is 4.84. The Labute approximate surface area is 182 Å². The smallest absolute Gasteiger partial charge is 0.356 e. The van der Waals surface area contributed by atoms with Gasteiger partial charge in [0, 0.05) is 17.9 Å². The second kappa shape index (κ2) is 15.9. The van der Waals surface area contributed by atoms with Gasteiger partial charge in [0.05, 0.1) is 6.61 Å². The van der Waals surface area contributed by atoms with Crippen molar-refractivity contribution in [2.45, 2.75) is 44.7 Å². The van der Waals surface area contributed by atoms with Gasteiger partial charge >= 0.3 is 17.9 Å². The van der Waals surface area contributed by atoms with Crippen LogP contribution in [0.1, 0.15) is 32.6 Å². The molecule has 2 amide bonds. The Hall–Kier alpha value is -2.87. The van der Waals surface area contributed by atoms with Crippen LogP contribution in [0.3, 0.4) is 0 Å². The maximum Gasteiger partial charge on any atom is 0.356 e. The lowest BCUT2D eigenvalue weighted by Crippen LogP contribution is -2.49. The highest BCUT2D eigenvalue weighted by molar-refractivity contribution is 8.00. The van der Waals surface area contributed by atoms with Crippen molar-refractivity contribution in [1.82, 2.24) is 10.6 Å². The van der Waals surface area contributed by atoms with Crippen LogP contribution in [0, 0.1) is 0 Å². The molecule has 0 saturated heterocycles. The number of oxime groups is 1. The molecule has 0 aliphatic carbocycles. The zero-order valence-electron chi connectivity index (χ0n) is 17.0. The molecule has 7 N–H and O–H groups in total. The number of nitrogens with two attached hydrogens (primary N) is 1. The van der Waals surface area contributed by atoms with Gasteiger partial charge in [0.25, 0.3) is 0 Å². The van der Waals surface area contributed by atoms with Crippen molar-refractivity contribution in [1.29, 1.82) is 0 Å². The fourth-order valence-electron chi connectivity index (χ4n) is 1.94. The maximum absolute atomic E-state index is 12.2. The van der Waals surface area contributed by atoms with Crippen LogP contribution in [-0.4, -0.2) is 87.6 Å². The van der Waals surface area contributed by atoms with Gasteiger partial charge in [-0.3, -0.25) is 19.2 Å². The average Bonchev–Trinajstić information content (AvgIpc) is 2.72. The molecule has 31 heavy (non-hydrogen) atoms. The van der Waals surface area contributed by atoms with Crippen LogP contribution in [0.2, 0.25) is 0 Å². The van der Waals surface area contributed by atoms with Gasteiger partial charge in [-0.05, 0) is 12.8 Å². The number of carboxylic acid groups (broad SMARTS) is 2. The van der Waals surface area contributed by atoms with E-state index in [1.165, 1.54) is 0 Å². The number of carboxylic acids is 2. The molecule has 176 valence electrons.